The first-order chi connectivity index (χ1) is 13.6. The number of rotatable bonds is 5. The minimum atomic E-state index is -0.563. The number of anilines is 1. The lowest BCUT2D eigenvalue weighted by Gasteiger charge is -2.11. The summed E-state index contributed by atoms with van der Waals surface area (Å²) < 4.78 is 5.61. The van der Waals surface area contributed by atoms with E-state index in [9.17, 15) is 10.1 Å². The number of ether oxygens (including phenoxy) is 1. The molecular weight excluding hydrogens is 372 g/mol. The number of benzene rings is 3. The zero-order valence-electron chi connectivity index (χ0n) is 14.8. The fraction of sp³-hybridized carbons (Fsp3) is 0.0435. The van der Waals surface area contributed by atoms with Gasteiger partial charge in [0.2, 0.25) is 0 Å². The van der Waals surface area contributed by atoms with Crippen molar-refractivity contribution in [2.75, 3.05) is 11.9 Å². The smallest absolute Gasteiger partial charge is 0.266 e. The molecule has 28 heavy (non-hydrogen) atoms. The Morgan fingerprint density at radius 3 is 2.64 bits per heavy atom. The lowest BCUT2D eigenvalue weighted by molar-refractivity contribution is -0.112. The second kappa shape index (κ2) is 8.77. The number of nitrogens with one attached hydrogen (secondary N) is 1. The van der Waals surface area contributed by atoms with Gasteiger partial charge in [-0.05, 0) is 35.0 Å². The molecule has 0 unspecified atom stereocenters. The summed E-state index contributed by atoms with van der Waals surface area (Å²) in [5.74, 6) is 2.35. The van der Waals surface area contributed by atoms with E-state index in [1.165, 1.54) is 6.08 Å². The highest BCUT2D eigenvalue weighted by molar-refractivity contribution is 6.34. The van der Waals surface area contributed by atoms with Gasteiger partial charge >= 0.3 is 0 Å². The van der Waals surface area contributed by atoms with Crippen molar-refractivity contribution in [2.24, 2.45) is 0 Å². The van der Waals surface area contributed by atoms with Crippen LogP contribution in [0.25, 0.3) is 16.8 Å². The van der Waals surface area contributed by atoms with E-state index in [0.29, 0.717) is 22.0 Å². The summed E-state index contributed by atoms with van der Waals surface area (Å²) in [5, 5.41) is 14.4. The molecular formula is C23H15ClN2O2. The molecule has 3 aromatic carbocycles. The molecule has 136 valence electrons. The summed E-state index contributed by atoms with van der Waals surface area (Å²) in [4.78, 5) is 12.6. The fourth-order valence-corrected chi connectivity index (χ4v) is 2.90. The zero-order chi connectivity index (χ0) is 19.9. The van der Waals surface area contributed by atoms with Crippen LogP contribution in [-0.2, 0) is 4.79 Å². The van der Waals surface area contributed by atoms with Crippen molar-refractivity contribution in [1.29, 1.82) is 5.26 Å². The van der Waals surface area contributed by atoms with Gasteiger partial charge in [0.15, 0.2) is 0 Å². The highest BCUT2D eigenvalue weighted by Gasteiger charge is 2.14. The molecule has 0 atom stereocenters. The maximum absolute atomic E-state index is 12.6. The van der Waals surface area contributed by atoms with E-state index in [-0.39, 0.29) is 12.2 Å². The number of nitrogens with zero attached hydrogens (tertiary/aromatic N) is 1. The molecule has 0 spiro atoms. The van der Waals surface area contributed by atoms with Crippen molar-refractivity contribution in [3.63, 3.8) is 0 Å². The van der Waals surface area contributed by atoms with Crippen LogP contribution in [-0.4, -0.2) is 12.5 Å². The monoisotopic (exact) mass is 386 g/mol. The molecule has 3 rings (SSSR count). The first kappa shape index (κ1) is 19.0. The topological polar surface area (TPSA) is 62.1 Å². The Kier molecular flexibility index (Phi) is 5.97. The molecule has 4 nitrogen and oxygen atoms in total. The number of fused-ring (bicyclic) bond motifs is 1. The molecule has 5 heteroatoms. The Bertz CT molecular complexity index is 1150. The van der Waals surface area contributed by atoms with E-state index in [0.717, 1.165) is 10.8 Å². The van der Waals surface area contributed by atoms with Crippen LogP contribution < -0.4 is 10.1 Å². The minimum absolute atomic E-state index is 0.0763. The Hall–Kier alpha value is -3.73. The number of amides is 1. The molecule has 0 radical (unpaired) electrons. The van der Waals surface area contributed by atoms with Crippen molar-refractivity contribution in [1.82, 2.24) is 0 Å². The van der Waals surface area contributed by atoms with Gasteiger partial charge in [-0.2, -0.15) is 5.26 Å². The third-order valence-electron chi connectivity index (χ3n) is 4.02. The van der Waals surface area contributed by atoms with Crippen LogP contribution in [0.1, 0.15) is 5.56 Å². The molecule has 3 aromatic rings. The lowest BCUT2D eigenvalue weighted by Crippen LogP contribution is -2.13. The van der Waals surface area contributed by atoms with Gasteiger partial charge in [-0.1, -0.05) is 60.0 Å². The Morgan fingerprint density at radius 1 is 1.14 bits per heavy atom. The fourth-order valence-electron chi connectivity index (χ4n) is 2.71. The molecule has 0 aliphatic heterocycles. The average molecular weight is 387 g/mol. The average Bonchev–Trinajstić information content (AvgIpc) is 2.72. The molecule has 0 fully saturated rings. The van der Waals surface area contributed by atoms with Gasteiger partial charge in [0, 0.05) is 5.56 Å². The second-order valence-corrected chi connectivity index (χ2v) is 6.20. The van der Waals surface area contributed by atoms with E-state index in [1.807, 2.05) is 36.4 Å². The Morgan fingerprint density at radius 2 is 1.89 bits per heavy atom. The van der Waals surface area contributed by atoms with Crippen molar-refractivity contribution >= 4 is 40.0 Å². The normalized spacial score (nSPS) is 10.8. The van der Waals surface area contributed by atoms with Gasteiger partial charge in [-0.3, -0.25) is 4.79 Å². The highest BCUT2D eigenvalue weighted by atomic mass is 35.5. The molecule has 1 amide bonds. The predicted molar refractivity (Wildman–Crippen MR) is 112 cm³/mol. The Balaban J connectivity index is 2.05. The minimum Gasteiger partial charge on any atom is -0.480 e. The SMILES string of the molecule is C#CCOc1ccc2ccccc2c1/C=C(\C#N)C(=O)Nc1ccccc1Cl. The van der Waals surface area contributed by atoms with E-state index in [2.05, 4.69) is 11.2 Å². The molecule has 0 aliphatic rings. The van der Waals surface area contributed by atoms with Gasteiger partial charge < -0.3 is 10.1 Å². The second-order valence-electron chi connectivity index (χ2n) is 5.80. The van der Waals surface area contributed by atoms with Crippen LogP contribution >= 0.6 is 11.6 Å². The Labute approximate surface area is 168 Å². The van der Waals surface area contributed by atoms with Gasteiger partial charge in [0.05, 0.1) is 10.7 Å². The van der Waals surface area contributed by atoms with E-state index >= 15 is 0 Å². The summed E-state index contributed by atoms with van der Waals surface area (Å²) in [7, 11) is 0. The number of hydrogen-bond acceptors (Lipinski definition) is 3. The summed E-state index contributed by atoms with van der Waals surface area (Å²) in [6.45, 7) is 0.0763. The predicted octanol–water partition coefficient (Wildman–Crippen LogP) is 5.05. The summed E-state index contributed by atoms with van der Waals surface area (Å²) in [6, 6.07) is 20.0. The van der Waals surface area contributed by atoms with Crippen molar-refractivity contribution < 1.29 is 9.53 Å². The van der Waals surface area contributed by atoms with Gasteiger partial charge in [-0.15, -0.1) is 6.42 Å². The number of nitriles is 1. The summed E-state index contributed by atoms with van der Waals surface area (Å²) in [5.41, 5.74) is 0.957. The van der Waals surface area contributed by atoms with Crippen LogP contribution in [0.15, 0.2) is 66.2 Å². The maximum Gasteiger partial charge on any atom is 0.266 e. The number of carbonyl (C=O) groups is 1. The van der Waals surface area contributed by atoms with E-state index in [4.69, 9.17) is 22.8 Å². The van der Waals surface area contributed by atoms with Crippen LogP contribution in [0.4, 0.5) is 5.69 Å². The quantitative estimate of drug-likeness (QED) is 0.379. The number of halogens is 1. The van der Waals surface area contributed by atoms with Gasteiger partial charge in [-0.25, -0.2) is 0 Å². The highest BCUT2D eigenvalue weighted by Crippen LogP contribution is 2.30. The summed E-state index contributed by atoms with van der Waals surface area (Å²) in [6.07, 6.45) is 6.80. The van der Waals surface area contributed by atoms with Gasteiger partial charge in [0.25, 0.3) is 5.91 Å². The largest absolute Gasteiger partial charge is 0.480 e. The molecule has 0 saturated heterocycles. The van der Waals surface area contributed by atoms with Crippen LogP contribution in [0.5, 0.6) is 5.75 Å². The third kappa shape index (κ3) is 4.15. The summed E-state index contributed by atoms with van der Waals surface area (Å²) >= 11 is 6.08. The first-order valence-electron chi connectivity index (χ1n) is 8.39. The molecule has 0 bridgehead atoms. The molecule has 1 N–H and O–H groups in total. The number of carbonyl (C=O) groups excluding carboxylic acids is 1. The van der Waals surface area contributed by atoms with Gasteiger partial charge in [0.1, 0.15) is 24.0 Å². The molecule has 0 aliphatic carbocycles. The maximum atomic E-state index is 12.6. The molecule has 0 saturated carbocycles. The van der Waals surface area contributed by atoms with Crippen molar-refractivity contribution in [2.45, 2.75) is 0 Å². The van der Waals surface area contributed by atoms with Crippen molar-refractivity contribution in [3.8, 4) is 24.2 Å². The van der Waals surface area contributed by atoms with Crippen LogP contribution in [0.3, 0.4) is 0 Å². The van der Waals surface area contributed by atoms with Crippen LogP contribution in [0, 0.1) is 23.7 Å². The third-order valence-corrected chi connectivity index (χ3v) is 4.35. The number of terminal acetylenes is 1. The van der Waals surface area contributed by atoms with E-state index < -0.39 is 5.91 Å². The molecule has 0 heterocycles. The lowest BCUT2D eigenvalue weighted by atomic mass is 10.0. The van der Waals surface area contributed by atoms with Crippen LogP contribution in [0.2, 0.25) is 5.02 Å². The number of para-hydroxylation sites is 1. The first-order valence-corrected chi connectivity index (χ1v) is 8.77. The van der Waals surface area contributed by atoms with E-state index in [1.54, 1.807) is 30.3 Å². The molecule has 0 aromatic heterocycles. The number of hydrogen-bond donors (Lipinski definition) is 1. The van der Waals surface area contributed by atoms with Crippen molar-refractivity contribution in [3.05, 3.63) is 76.8 Å². The standard InChI is InChI=1S/C23H15ClN2O2/c1-2-13-28-22-12-11-16-7-3-4-8-18(16)19(22)14-17(15-25)23(27)26-21-10-6-5-9-20(21)24/h1,3-12,14H,13H2,(H,26,27)/b17-14+. The zero-order valence-corrected chi connectivity index (χ0v) is 15.5.